The van der Waals surface area contributed by atoms with Gasteiger partial charge in [-0.3, -0.25) is 9.59 Å². The quantitative estimate of drug-likeness (QED) is 0.693. The standard InChI is InChI=1S/C20H25FN2O4/c1-14(24)23-19(13-26-2)20(25)22-11-15-7-9-17(10-8-15)27-12-16-5-3-4-6-18(16)21/h3-4,6-10,16,19H,5,11-13H2,1-2H3,(H,22,25)(H,23,24)/t16?,19-/m1/s1. The summed E-state index contributed by atoms with van der Waals surface area (Å²) >= 11 is 0. The van der Waals surface area contributed by atoms with Crippen molar-refractivity contribution >= 4 is 11.8 Å². The molecule has 0 aliphatic heterocycles. The summed E-state index contributed by atoms with van der Waals surface area (Å²) in [4.78, 5) is 23.3. The monoisotopic (exact) mass is 376 g/mol. The molecular weight excluding hydrogens is 351 g/mol. The van der Waals surface area contributed by atoms with Gasteiger partial charge in [0, 0.05) is 26.5 Å². The lowest BCUT2D eigenvalue weighted by atomic mass is 10.0. The summed E-state index contributed by atoms with van der Waals surface area (Å²) in [5.41, 5.74) is 0.876. The molecule has 1 aliphatic rings. The number of ether oxygens (including phenoxy) is 2. The molecule has 7 heteroatoms. The third-order valence-corrected chi connectivity index (χ3v) is 4.07. The van der Waals surface area contributed by atoms with E-state index in [0.717, 1.165) is 5.56 Å². The van der Waals surface area contributed by atoms with E-state index >= 15 is 0 Å². The van der Waals surface area contributed by atoms with Gasteiger partial charge in [-0.25, -0.2) is 4.39 Å². The predicted molar refractivity (Wildman–Crippen MR) is 99.7 cm³/mol. The number of halogens is 1. The first kappa shape index (κ1) is 20.6. The SMILES string of the molecule is COC[C@@H](NC(C)=O)C(=O)NCc1ccc(OCC2CC=CC=C2F)cc1. The molecule has 6 nitrogen and oxygen atoms in total. The Morgan fingerprint density at radius 1 is 1.30 bits per heavy atom. The molecule has 0 saturated carbocycles. The van der Waals surface area contributed by atoms with Gasteiger partial charge in [0.05, 0.1) is 13.2 Å². The van der Waals surface area contributed by atoms with Crippen molar-refractivity contribution in [3.05, 3.63) is 53.9 Å². The van der Waals surface area contributed by atoms with Gasteiger partial charge in [-0.15, -0.1) is 0 Å². The summed E-state index contributed by atoms with van der Waals surface area (Å²) in [6.45, 7) is 2.03. The van der Waals surface area contributed by atoms with Crippen molar-refractivity contribution in [1.29, 1.82) is 0 Å². The maximum Gasteiger partial charge on any atom is 0.245 e. The van der Waals surface area contributed by atoms with Crippen LogP contribution in [0.15, 0.2) is 48.3 Å². The third kappa shape index (κ3) is 6.86. The van der Waals surface area contributed by atoms with Gasteiger partial charge in [-0.1, -0.05) is 24.3 Å². The van der Waals surface area contributed by atoms with Crippen LogP contribution in [0.1, 0.15) is 18.9 Å². The van der Waals surface area contributed by atoms with Crippen LogP contribution in [0.3, 0.4) is 0 Å². The normalized spacial score (nSPS) is 17.0. The fraction of sp³-hybridized carbons (Fsp3) is 0.400. The summed E-state index contributed by atoms with van der Waals surface area (Å²) in [7, 11) is 1.46. The topological polar surface area (TPSA) is 76.7 Å². The Hall–Kier alpha value is -2.67. The van der Waals surface area contributed by atoms with Gasteiger partial charge >= 0.3 is 0 Å². The molecule has 0 radical (unpaired) electrons. The van der Waals surface area contributed by atoms with Crippen molar-refractivity contribution in [1.82, 2.24) is 10.6 Å². The number of allylic oxidation sites excluding steroid dienone is 3. The highest BCUT2D eigenvalue weighted by atomic mass is 19.1. The Bertz CT molecular complexity index is 700. The second kappa shape index (κ2) is 10.5. The summed E-state index contributed by atoms with van der Waals surface area (Å²) in [6.07, 6.45) is 5.71. The minimum atomic E-state index is -0.734. The molecule has 1 aliphatic carbocycles. The highest BCUT2D eigenvalue weighted by Gasteiger charge is 2.19. The number of carbonyl (C=O) groups excluding carboxylic acids is 2. The Morgan fingerprint density at radius 3 is 2.67 bits per heavy atom. The van der Waals surface area contributed by atoms with Crippen molar-refractivity contribution in [2.75, 3.05) is 20.3 Å². The summed E-state index contributed by atoms with van der Waals surface area (Å²) in [5, 5.41) is 5.30. The van der Waals surface area contributed by atoms with Gasteiger partial charge in [0.15, 0.2) is 0 Å². The van der Waals surface area contributed by atoms with E-state index in [1.165, 1.54) is 20.1 Å². The molecule has 0 heterocycles. The number of hydrogen-bond donors (Lipinski definition) is 2. The molecule has 2 atom stereocenters. The number of benzene rings is 1. The molecule has 0 fully saturated rings. The number of amides is 2. The van der Waals surface area contributed by atoms with Gasteiger partial charge < -0.3 is 20.1 Å². The largest absolute Gasteiger partial charge is 0.493 e. The smallest absolute Gasteiger partial charge is 0.245 e. The van der Waals surface area contributed by atoms with E-state index in [1.54, 1.807) is 18.2 Å². The Balaban J connectivity index is 1.80. The van der Waals surface area contributed by atoms with Crippen LogP contribution in [0.25, 0.3) is 0 Å². The van der Waals surface area contributed by atoms with E-state index < -0.39 is 6.04 Å². The lowest BCUT2D eigenvalue weighted by molar-refractivity contribution is -0.129. The van der Waals surface area contributed by atoms with E-state index in [-0.39, 0.29) is 36.8 Å². The summed E-state index contributed by atoms with van der Waals surface area (Å²) < 4.78 is 24.2. The molecule has 2 rings (SSSR count). The molecule has 0 saturated heterocycles. The van der Waals surface area contributed by atoms with Gasteiger partial charge in [-0.05, 0) is 30.2 Å². The maximum absolute atomic E-state index is 13.6. The van der Waals surface area contributed by atoms with E-state index in [2.05, 4.69) is 10.6 Å². The average molecular weight is 376 g/mol. The molecule has 0 spiro atoms. The fourth-order valence-corrected chi connectivity index (χ4v) is 2.61. The van der Waals surface area contributed by atoms with Crippen LogP contribution in [-0.2, 0) is 20.9 Å². The van der Waals surface area contributed by atoms with Crippen LogP contribution in [0.2, 0.25) is 0 Å². The van der Waals surface area contributed by atoms with Gasteiger partial charge in [0.25, 0.3) is 0 Å². The second-order valence-corrected chi connectivity index (χ2v) is 6.29. The Kier molecular flexibility index (Phi) is 8.00. The van der Waals surface area contributed by atoms with Crippen LogP contribution in [-0.4, -0.2) is 38.2 Å². The fourth-order valence-electron chi connectivity index (χ4n) is 2.61. The lowest BCUT2D eigenvalue weighted by Crippen LogP contribution is -2.48. The average Bonchev–Trinajstić information content (AvgIpc) is 2.65. The molecule has 146 valence electrons. The molecule has 1 aromatic rings. The van der Waals surface area contributed by atoms with Crippen molar-refractivity contribution in [3.63, 3.8) is 0 Å². The maximum atomic E-state index is 13.6. The molecular formula is C20H25FN2O4. The molecule has 1 aromatic carbocycles. The summed E-state index contributed by atoms with van der Waals surface area (Å²) in [6, 6.07) is 6.48. The molecule has 1 unspecified atom stereocenters. The zero-order chi connectivity index (χ0) is 19.6. The molecule has 0 aromatic heterocycles. The van der Waals surface area contributed by atoms with Crippen LogP contribution < -0.4 is 15.4 Å². The number of rotatable bonds is 9. The molecule has 0 bridgehead atoms. The lowest BCUT2D eigenvalue weighted by Gasteiger charge is -2.17. The minimum absolute atomic E-state index is 0.0968. The predicted octanol–water partition coefficient (Wildman–Crippen LogP) is 2.26. The van der Waals surface area contributed by atoms with Crippen LogP contribution in [0.5, 0.6) is 5.75 Å². The summed E-state index contributed by atoms with van der Waals surface area (Å²) in [5.74, 6) is -0.390. The first-order chi connectivity index (χ1) is 13.0. The van der Waals surface area contributed by atoms with E-state index in [9.17, 15) is 14.0 Å². The number of methoxy groups -OCH3 is 1. The first-order valence-corrected chi connectivity index (χ1v) is 8.77. The zero-order valence-corrected chi connectivity index (χ0v) is 15.5. The van der Waals surface area contributed by atoms with Crippen LogP contribution >= 0.6 is 0 Å². The van der Waals surface area contributed by atoms with Crippen LogP contribution in [0, 0.1) is 5.92 Å². The van der Waals surface area contributed by atoms with E-state index in [1.807, 2.05) is 18.2 Å². The van der Waals surface area contributed by atoms with Crippen molar-refractivity contribution < 1.29 is 23.5 Å². The number of nitrogens with one attached hydrogen (secondary N) is 2. The number of carbonyl (C=O) groups is 2. The highest BCUT2D eigenvalue weighted by molar-refractivity contribution is 5.86. The van der Waals surface area contributed by atoms with E-state index in [0.29, 0.717) is 18.7 Å². The minimum Gasteiger partial charge on any atom is -0.493 e. The Labute approximate surface area is 158 Å². The van der Waals surface area contributed by atoms with Gasteiger partial charge in [0.1, 0.15) is 17.6 Å². The Morgan fingerprint density at radius 2 is 2.04 bits per heavy atom. The highest BCUT2D eigenvalue weighted by Crippen LogP contribution is 2.23. The van der Waals surface area contributed by atoms with Crippen molar-refractivity contribution in [2.24, 2.45) is 5.92 Å². The van der Waals surface area contributed by atoms with Crippen LogP contribution in [0.4, 0.5) is 4.39 Å². The second-order valence-electron chi connectivity index (χ2n) is 6.29. The van der Waals surface area contributed by atoms with Crippen molar-refractivity contribution in [2.45, 2.75) is 25.9 Å². The zero-order valence-electron chi connectivity index (χ0n) is 15.5. The van der Waals surface area contributed by atoms with Crippen molar-refractivity contribution in [3.8, 4) is 5.75 Å². The van der Waals surface area contributed by atoms with E-state index in [4.69, 9.17) is 9.47 Å². The first-order valence-electron chi connectivity index (χ1n) is 8.77. The molecule has 2 N–H and O–H groups in total. The molecule has 2 amide bonds. The number of hydrogen-bond acceptors (Lipinski definition) is 4. The molecule has 27 heavy (non-hydrogen) atoms. The van der Waals surface area contributed by atoms with Gasteiger partial charge in [-0.2, -0.15) is 0 Å². The van der Waals surface area contributed by atoms with Gasteiger partial charge in [0.2, 0.25) is 11.8 Å². The third-order valence-electron chi connectivity index (χ3n) is 4.07.